The topological polar surface area (TPSA) is 26.3 Å². The van der Waals surface area contributed by atoms with E-state index in [1.807, 2.05) is 0 Å². The second-order valence-corrected chi connectivity index (χ2v) is 6.41. The third-order valence-electron chi connectivity index (χ3n) is 5.06. The Morgan fingerprint density at radius 3 is 2.38 bits per heavy atom. The SMILES string of the molecule is C=C(C)C(=O)OC12CC3CC(F)(C(F)C(C3F)C1F)C2F. The fraction of sp³-hybridized carbons (Fsp3) is 0.786. The first-order valence-electron chi connectivity index (χ1n) is 6.79. The summed E-state index contributed by atoms with van der Waals surface area (Å²) in [5, 5.41) is 0. The van der Waals surface area contributed by atoms with Gasteiger partial charge in [-0.25, -0.2) is 26.7 Å². The van der Waals surface area contributed by atoms with Crippen molar-refractivity contribution in [3.05, 3.63) is 12.2 Å². The van der Waals surface area contributed by atoms with E-state index in [0.717, 1.165) is 0 Å². The molecular weight excluding hydrogens is 295 g/mol. The van der Waals surface area contributed by atoms with E-state index in [0.29, 0.717) is 0 Å². The highest BCUT2D eigenvalue weighted by molar-refractivity contribution is 5.87. The van der Waals surface area contributed by atoms with Gasteiger partial charge in [0, 0.05) is 5.57 Å². The minimum atomic E-state index is -3.01. The molecule has 0 amide bonds. The van der Waals surface area contributed by atoms with Crippen molar-refractivity contribution in [2.45, 2.75) is 55.7 Å². The molecule has 4 bridgehead atoms. The first-order chi connectivity index (χ1) is 9.65. The Kier molecular flexibility index (Phi) is 2.95. The van der Waals surface area contributed by atoms with Crippen LogP contribution in [-0.4, -0.2) is 41.9 Å². The maximum absolute atomic E-state index is 14.6. The molecule has 0 aromatic rings. The summed E-state index contributed by atoms with van der Waals surface area (Å²) in [6, 6.07) is 0. The molecule has 0 N–H and O–H groups in total. The van der Waals surface area contributed by atoms with Gasteiger partial charge < -0.3 is 4.74 Å². The lowest BCUT2D eigenvalue weighted by Crippen LogP contribution is -2.79. The van der Waals surface area contributed by atoms with Crippen LogP contribution >= 0.6 is 0 Å². The Morgan fingerprint density at radius 2 is 1.81 bits per heavy atom. The highest BCUT2D eigenvalue weighted by Crippen LogP contribution is 2.64. The molecule has 8 unspecified atom stereocenters. The highest BCUT2D eigenvalue weighted by atomic mass is 19.2. The highest BCUT2D eigenvalue weighted by Gasteiger charge is 2.79. The molecule has 4 aliphatic rings. The van der Waals surface area contributed by atoms with Gasteiger partial charge in [0.2, 0.25) is 0 Å². The largest absolute Gasteiger partial charge is 0.449 e. The summed E-state index contributed by atoms with van der Waals surface area (Å²) in [6.07, 6.45) is -10.7. The predicted molar refractivity (Wildman–Crippen MR) is 63.3 cm³/mol. The molecule has 7 heteroatoms. The van der Waals surface area contributed by atoms with Gasteiger partial charge in [-0.05, 0) is 25.7 Å². The molecule has 0 aromatic heterocycles. The molecule has 118 valence electrons. The number of hydrogen-bond acceptors (Lipinski definition) is 2. The zero-order chi connectivity index (χ0) is 15.7. The number of hydrogen-bond donors (Lipinski definition) is 0. The van der Waals surface area contributed by atoms with Gasteiger partial charge in [0.1, 0.15) is 12.3 Å². The van der Waals surface area contributed by atoms with Crippen LogP contribution in [0.15, 0.2) is 12.2 Å². The molecule has 0 heterocycles. The number of ether oxygens (including phenoxy) is 1. The smallest absolute Gasteiger partial charge is 0.333 e. The predicted octanol–water partition coefficient (Wildman–Crippen LogP) is 2.96. The van der Waals surface area contributed by atoms with Crippen molar-refractivity contribution >= 4 is 5.97 Å². The maximum Gasteiger partial charge on any atom is 0.333 e. The van der Waals surface area contributed by atoms with Crippen LogP contribution in [0.3, 0.4) is 0 Å². The van der Waals surface area contributed by atoms with E-state index in [1.54, 1.807) is 0 Å². The average molecular weight is 310 g/mol. The maximum atomic E-state index is 14.6. The number of esters is 1. The molecule has 4 aliphatic carbocycles. The van der Waals surface area contributed by atoms with Crippen LogP contribution in [0.4, 0.5) is 22.0 Å². The van der Waals surface area contributed by atoms with Crippen molar-refractivity contribution in [2.75, 3.05) is 0 Å². The van der Waals surface area contributed by atoms with Gasteiger partial charge in [-0.3, -0.25) is 0 Å². The lowest BCUT2D eigenvalue weighted by Gasteiger charge is -2.62. The van der Waals surface area contributed by atoms with Crippen molar-refractivity contribution in [1.29, 1.82) is 0 Å². The summed E-state index contributed by atoms with van der Waals surface area (Å²) < 4.78 is 76.5. The molecule has 0 aromatic carbocycles. The third kappa shape index (κ3) is 1.60. The molecule has 0 aliphatic heterocycles. The van der Waals surface area contributed by atoms with Crippen molar-refractivity contribution in [3.8, 4) is 0 Å². The molecule has 2 nitrogen and oxygen atoms in total. The number of carbonyl (C=O) groups is 1. The Labute approximate surface area is 118 Å². The minimum Gasteiger partial charge on any atom is -0.449 e. The molecule has 4 saturated carbocycles. The van der Waals surface area contributed by atoms with Gasteiger partial charge in [-0.2, -0.15) is 0 Å². The quantitative estimate of drug-likeness (QED) is 0.445. The molecule has 0 radical (unpaired) electrons. The lowest BCUT2D eigenvalue weighted by atomic mass is 9.49. The second-order valence-electron chi connectivity index (χ2n) is 6.41. The Hall–Kier alpha value is -1.14. The van der Waals surface area contributed by atoms with E-state index < -0.39 is 66.6 Å². The summed E-state index contributed by atoms with van der Waals surface area (Å²) in [7, 11) is 0. The van der Waals surface area contributed by atoms with E-state index in [9.17, 15) is 26.7 Å². The summed E-state index contributed by atoms with van der Waals surface area (Å²) in [5.41, 5.74) is -5.58. The van der Waals surface area contributed by atoms with E-state index in [1.165, 1.54) is 6.92 Å². The molecule has 4 rings (SSSR count). The first kappa shape index (κ1) is 14.8. The molecule has 0 saturated heterocycles. The van der Waals surface area contributed by atoms with E-state index >= 15 is 0 Å². The van der Waals surface area contributed by atoms with E-state index in [2.05, 4.69) is 6.58 Å². The number of alkyl halides is 5. The summed E-state index contributed by atoms with van der Waals surface area (Å²) in [4.78, 5) is 11.6. The van der Waals surface area contributed by atoms with Crippen LogP contribution in [0.1, 0.15) is 19.8 Å². The van der Waals surface area contributed by atoms with Crippen LogP contribution < -0.4 is 0 Å². The Bertz CT molecular complexity index is 512. The summed E-state index contributed by atoms with van der Waals surface area (Å²) >= 11 is 0. The summed E-state index contributed by atoms with van der Waals surface area (Å²) in [6.45, 7) is 4.56. The van der Waals surface area contributed by atoms with Crippen LogP contribution in [0, 0.1) is 11.8 Å². The first-order valence-corrected chi connectivity index (χ1v) is 6.79. The van der Waals surface area contributed by atoms with Gasteiger partial charge in [0.15, 0.2) is 23.6 Å². The van der Waals surface area contributed by atoms with E-state index in [4.69, 9.17) is 4.74 Å². The fourth-order valence-corrected chi connectivity index (χ4v) is 4.07. The molecule has 0 spiro atoms. The zero-order valence-corrected chi connectivity index (χ0v) is 11.3. The molecule has 21 heavy (non-hydrogen) atoms. The normalized spacial score (nSPS) is 54.6. The van der Waals surface area contributed by atoms with Crippen LogP contribution in [-0.2, 0) is 9.53 Å². The molecular formula is C14H15F5O2. The van der Waals surface area contributed by atoms with Crippen LogP contribution in [0.5, 0.6) is 0 Å². The number of halogens is 5. The average Bonchev–Trinajstić information content (AvgIpc) is 2.40. The van der Waals surface area contributed by atoms with Gasteiger partial charge in [0.05, 0.1) is 5.92 Å². The standard InChI is InChI=1S/C14H15F5O2/c1-5(2)11(20)21-14-4-6-3-13(19,12(14)18)9(16)7(8(6)15)10(14)17/h6-10,12H,1,3-4H2,2H3. The van der Waals surface area contributed by atoms with Crippen LogP contribution in [0.25, 0.3) is 0 Å². The number of rotatable bonds is 2. The van der Waals surface area contributed by atoms with Crippen LogP contribution in [0.2, 0.25) is 0 Å². The fourth-order valence-electron chi connectivity index (χ4n) is 4.07. The molecule has 4 fully saturated rings. The van der Waals surface area contributed by atoms with Gasteiger partial charge in [0.25, 0.3) is 0 Å². The van der Waals surface area contributed by atoms with Crippen molar-refractivity contribution < 1.29 is 31.5 Å². The minimum absolute atomic E-state index is 0.119. The monoisotopic (exact) mass is 310 g/mol. The van der Waals surface area contributed by atoms with Gasteiger partial charge in [-0.15, -0.1) is 0 Å². The zero-order valence-electron chi connectivity index (χ0n) is 11.3. The van der Waals surface area contributed by atoms with Gasteiger partial charge in [-0.1, -0.05) is 6.58 Å². The second kappa shape index (κ2) is 4.20. The lowest BCUT2D eigenvalue weighted by molar-refractivity contribution is -0.303. The Morgan fingerprint density at radius 1 is 1.19 bits per heavy atom. The van der Waals surface area contributed by atoms with Crippen molar-refractivity contribution in [2.24, 2.45) is 11.8 Å². The summed E-state index contributed by atoms with van der Waals surface area (Å²) in [5.74, 6) is -4.08. The van der Waals surface area contributed by atoms with Gasteiger partial charge >= 0.3 is 5.97 Å². The third-order valence-corrected chi connectivity index (χ3v) is 5.06. The van der Waals surface area contributed by atoms with Crippen molar-refractivity contribution in [1.82, 2.24) is 0 Å². The van der Waals surface area contributed by atoms with E-state index in [-0.39, 0.29) is 5.57 Å². The molecule has 8 atom stereocenters. The van der Waals surface area contributed by atoms with Crippen molar-refractivity contribution in [3.63, 3.8) is 0 Å². The number of carbonyl (C=O) groups excluding carboxylic acids is 1. The Balaban J connectivity index is 2.05.